The van der Waals surface area contributed by atoms with Crippen LogP contribution in [0.3, 0.4) is 0 Å². The summed E-state index contributed by atoms with van der Waals surface area (Å²) in [5.74, 6) is 1.07. The summed E-state index contributed by atoms with van der Waals surface area (Å²) in [5, 5.41) is 4.21. The Balaban J connectivity index is 2.29. The third-order valence-corrected chi connectivity index (χ3v) is 4.23. The van der Waals surface area contributed by atoms with Crippen molar-refractivity contribution in [3.63, 3.8) is 0 Å². The van der Waals surface area contributed by atoms with Gasteiger partial charge < -0.3 is 14.2 Å². The highest BCUT2D eigenvalue weighted by atomic mass is 79.9. The molecule has 2 aromatic carbocycles. The second kappa shape index (κ2) is 10.7. The molecule has 0 spiro atoms. The largest absolute Gasteiger partial charge is 0.490 e. The Kier molecular flexibility index (Phi) is 8.32. The molecular formula is C21H25BrN2O4. The van der Waals surface area contributed by atoms with Gasteiger partial charge in [-0.3, -0.25) is 4.79 Å². The number of nitrogens with zero attached hydrogens (tertiary/aromatic N) is 1. The van der Waals surface area contributed by atoms with E-state index >= 15 is 0 Å². The highest BCUT2D eigenvalue weighted by molar-refractivity contribution is 9.10. The van der Waals surface area contributed by atoms with E-state index in [4.69, 9.17) is 14.2 Å². The number of ether oxygens (including phenoxy) is 3. The van der Waals surface area contributed by atoms with Crippen molar-refractivity contribution in [3.8, 4) is 17.2 Å². The van der Waals surface area contributed by atoms with Gasteiger partial charge in [-0.25, -0.2) is 5.43 Å². The lowest BCUT2D eigenvalue weighted by atomic mass is 10.1. The minimum atomic E-state index is -0.362. The van der Waals surface area contributed by atoms with E-state index in [9.17, 15) is 4.79 Å². The molecule has 0 aliphatic heterocycles. The number of hydrogen-bond donors (Lipinski definition) is 1. The van der Waals surface area contributed by atoms with Crippen molar-refractivity contribution in [2.45, 2.75) is 27.7 Å². The molecule has 2 aromatic rings. The van der Waals surface area contributed by atoms with Gasteiger partial charge in [0, 0.05) is 10.0 Å². The predicted molar refractivity (Wildman–Crippen MR) is 114 cm³/mol. The SMILES string of the molecule is CCOc1cc(C(=O)NN=C(C)c2cccc(Br)c2)cc(OCC)c1OCC. The van der Waals surface area contributed by atoms with E-state index in [1.165, 1.54) is 0 Å². The average molecular weight is 449 g/mol. The fourth-order valence-corrected chi connectivity index (χ4v) is 2.90. The fourth-order valence-electron chi connectivity index (χ4n) is 2.50. The van der Waals surface area contributed by atoms with E-state index in [0.29, 0.717) is 48.3 Å². The molecule has 0 bridgehead atoms. The fraction of sp³-hybridized carbons (Fsp3) is 0.333. The Morgan fingerprint density at radius 2 is 1.57 bits per heavy atom. The van der Waals surface area contributed by atoms with Crippen LogP contribution in [0.5, 0.6) is 17.2 Å². The number of benzene rings is 2. The molecule has 0 aromatic heterocycles. The molecular weight excluding hydrogens is 424 g/mol. The second-order valence-electron chi connectivity index (χ2n) is 5.75. The van der Waals surface area contributed by atoms with Crippen LogP contribution in [0.15, 0.2) is 46.0 Å². The smallest absolute Gasteiger partial charge is 0.271 e. The van der Waals surface area contributed by atoms with Crippen molar-refractivity contribution < 1.29 is 19.0 Å². The Bertz CT molecular complexity index is 825. The van der Waals surface area contributed by atoms with Crippen molar-refractivity contribution in [2.75, 3.05) is 19.8 Å². The highest BCUT2D eigenvalue weighted by Crippen LogP contribution is 2.39. The summed E-state index contributed by atoms with van der Waals surface area (Å²) in [5.41, 5.74) is 4.56. The first-order valence-electron chi connectivity index (χ1n) is 9.17. The number of amides is 1. The van der Waals surface area contributed by atoms with Crippen molar-refractivity contribution >= 4 is 27.5 Å². The first-order valence-corrected chi connectivity index (χ1v) is 9.96. The maximum absolute atomic E-state index is 12.7. The number of carbonyl (C=O) groups is 1. The summed E-state index contributed by atoms with van der Waals surface area (Å²) in [6.45, 7) is 8.79. The van der Waals surface area contributed by atoms with Gasteiger partial charge in [-0.2, -0.15) is 5.10 Å². The van der Waals surface area contributed by atoms with E-state index < -0.39 is 0 Å². The molecule has 0 unspecified atom stereocenters. The van der Waals surface area contributed by atoms with Crippen LogP contribution in [0.1, 0.15) is 43.6 Å². The summed E-state index contributed by atoms with van der Waals surface area (Å²) >= 11 is 3.43. The molecule has 0 fully saturated rings. The van der Waals surface area contributed by atoms with Gasteiger partial charge in [-0.15, -0.1) is 0 Å². The molecule has 0 saturated carbocycles. The minimum absolute atomic E-state index is 0.362. The van der Waals surface area contributed by atoms with Gasteiger partial charge >= 0.3 is 0 Å². The zero-order chi connectivity index (χ0) is 20.5. The lowest BCUT2D eigenvalue weighted by molar-refractivity contribution is 0.0953. The Morgan fingerprint density at radius 3 is 2.11 bits per heavy atom. The average Bonchev–Trinajstić information content (AvgIpc) is 2.68. The zero-order valence-electron chi connectivity index (χ0n) is 16.5. The Hall–Kier alpha value is -2.54. The standard InChI is InChI=1S/C21H25BrN2O4/c1-5-26-18-12-16(13-19(27-6-2)20(18)28-7-3)21(25)24-23-14(4)15-9-8-10-17(22)11-15/h8-13H,5-7H2,1-4H3,(H,24,25). The maximum Gasteiger partial charge on any atom is 0.271 e. The van der Waals surface area contributed by atoms with Gasteiger partial charge in [0.15, 0.2) is 11.5 Å². The first kappa shape index (κ1) is 21.8. The van der Waals surface area contributed by atoms with Gasteiger partial charge in [0.1, 0.15) is 0 Å². The Labute approximate surface area is 174 Å². The minimum Gasteiger partial charge on any atom is -0.490 e. The molecule has 0 radical (unpaired) electrons. The van der Waals surface area contributed by atoms with Crippen LogP contribution in [0.2, 0.25) is 0 Å². The van der Waals surface area contributed by atoms with Gasteiger partial charge in [0.25, 0.3) is 5.91 Å². The van der Waals surface area contributed by atoms with E-state index in [0.717, 1.165) is 10.0 Å². The molecule has 0 aliphatic carbocycles. The van der Waals surface area contributed by atoms with Crippen LogP contribution in [-0.4, -0.2) is 31.4 Å². The number of hydrazone groups is 1. The lowest BCUT2D eigenvalue weighted by Crippen LogP contribution is -2.20. The van der Waals surface area contributed by atoms with E-state index in [-0.39, 0.29) is 5.91 Å². The Morgan fingerprint density at radius 1 is 0.964 bits per heavy atom. The van der Waals surface area contributed by atoms with Crippen LogP contribution in [-0.2, 0) is 0 Å². The monoisotopic (exact) mass is 448 g/mol. The van der Waals surface area contributed by atoms with Crippen LogP contribution < -0.4 is 19.6 Å². The summed E-state index contributed by atoms with van der Waals surface area (Å²) in [4.78, 5) is 12.7. The summed E-state index contributed by atoms with van der Waals surface area (Å²) in [7, 11) is 0. The molecule has 2 rings (SSSR count). The van der Waals surface area contributed by atoms with E-state index in [1.807, 2.05) is 52.0 Å². The van der Waals surface area contributed by atoms with Gasteiger partial charge in [-0.1, -0.05) is 28.1 Å². The third kappa shape index (κ3) is 5.73. The molecule has 7 heteroatoms. The molecule has 28 heavy (non-hydrogen) atoms. The van der Waals surface area contributed by atoms with Crippen molar-refractivity contribution in [2.24, 2.45) is 5.10 Å². The van der Waals surface area contributed by atoms with Crippen molar-refractivity contribution in [1.29, 1.82) is 0 Å². The number of rotatable bonds is 9. The maximum atomic E-state index is 12.7. The van der Waals surface area contributed by atoms with Crippen LogP contribution >= 0.6 is 15.9 Å². The van der Waals surface area contributed by atoms with E-state index in [2.05, 4.69) is 26.5 Å². The van der Waals surface area contributed by atoms with Crippen LogP contribution in [0.25, 0.3) is 0 Å². The lowest BCUT2D eigenvalue weighted by Gasteiger charge is -2.16. The molecule has 1 amide bonds. The first-order chi connectivity index (χ1) is 13.5. The molecule has 0 heterocycles. The number of halogens is 1. The quantitative estimate of drug-likeness (QED) is 0.441. The summed E-state index contributed by atoms with van der Waals surface area (Å²) in [6.07, 6.45) is 0. The topological polar surface area (TPSA) is 69.2 Å². The number of nitrogens with one attached hydrogen (secondary N) is 1. The molecule has 0 saturated heterocycles. The van der Waals surface area contributed by atoms with Crippen LogP contribution in [0.4, 0.5) is 0 Å². The van der Waals surface area contributed by atoms with Gasteiger partial charge in [0.2, 0.25) is 5.75 Å². The molecule has 1 N–H and O–H groups in total. The van der Waals surface area contributed by atoms with Crippen LogP contribution in [0, 0.1) is 0 Å². The number of carbonyl (C=O) groups excluding carboxylic acids is 1. The van der Waals surface area contributed by atoms with Crippen molar-refractivity contribution in [1.82, 2.24) is 5.43 Å². The molecule has 0 atom stereocenters. The summed E-state index contributed by atoms with van der Waals surface area (Å²) < 4.78 is 17.9. The summed E-state index contributed by atoms with van der Waals surface area (Å²) in [6, 6.07) is 11.0. The second-order valence-corrected chi connectivity index (χ2v) is 6.66. The third-order valence-electron chi connectivity index (χ3n) is 3.74. The molecule has 6 nitrogen and oxygen atoms in total. The normalized spacial score (nSPS) is 11.1. The molecule has 150 valence electrons. The van der Waals surface area contributed by atoms with Crippen molar-refractivity contribution in [3.05, 3.63) is 52.0 Å². The predicted octanol–water partition coefficient (Wildman–Crippen LogP) is 4.80. The van der Waals surface area contributed by atoms with E-state index in [1.54, 1.807) is 12.1 Å². The molecule has 0 aliphatic rings. The number of hydrogen-bond acceptors (Lipinski definition) is 5. The zero-order valence-corrected chi connectivity index (χ0v) is 18.1. The highest BCUT2D eigenvalue weighted by Gasteiger charge is 2.18. The van der Waals surface area contributed by atoms with Gasteiger partial charge in [0.05, 0.1) is 25.5 Å². The van der Waals surface area contributed by atoms with Gasteiger partial charge in [-0.05, 0) is 57.5 Å².